The molecule has 1 heterocycles. The Labute approximate surface area is 189 Å². The van der Waals surface area contributed by atoms with Crippen molar-refractivity contribution in [2.75, 3.05) is 18.4 Å². The van der Waals surface area contributed by atoms with E-state index < -0.39 is 10.0 Å². The number of sulfonamides is 1. The van der Waals surface area contributed by atoms with E-state index in [0.717, 1.165) is 31.5 Å². The molecule has 32 heavy (non-hydrogen) atoms. The number of aryl methyl sites for hydroxylation is 1. The highest BCUT2D eigenvalue weighted by molar-refractivity contribution is 7.89. The fourth-order valence-corrected chi connectivity index (χ4v) is 5.90. The summed E-state index contributed by atoms with van der Waals surface area (Å²) in [5.41, 5.74) is 2.05. The first kappa shape index (κ1) is 22.5. The van der Waals surface area contributed by atoms with Crippen molar-refractivity contribution in [3.8, 4) is 0 Å². The van der Waals surface area contributed by atoms with E-state index in [-0.39, 0.29) is 16.8 Å². The Balaban J connectivity index is 1.64. The molecule has 6 nitrogen and oxygen atoms in total. The third kappa shape index (κ3) is 4.70. The largest absolute Gasteiger partial charge is 0.321 e. The third-order valence-electron chi connectivity index (χ3n) is 6.24. The number of hydrogen-bond acceptors (Lipinski definition) is 4. The van der Waals surface area contributed by atoms with Crippen molar-refractivity contribution in [1.29, 1.82) is 0 Å². The molecule has 0 aliphatic carbocycles. The topological polar surface area (TPSA) is 87.3 Å². The van der Waals surface area contributed by atoms with Gasteiger partial charge in [-0.05, 0) is 69.5 Å². The van der Waals surface area contributed by atoms with E-state index in [1.54, 1.807) is 24.3 Å². The smallest absolute Gasteiger partial charge is 0.255 e. The van der Waals surface area contributed by atoms with Gasteiger partial charge in [0.2, 0.25) is 10.0 Å². The summed E-state index contributed by atoms with van der Waals surface area (Å²) in [6.45, 7) is 5.65. The van der Waals surface area contributed by atoms with Crippen LogP contribution in [0.3, 0.4) is 0 Å². The quantitative estimate of drug-likeness (QED) is 0.527. The fraction of sp³-hybridized carbons (Fsp3) is 0.320. The Bertz CT molecular complexity index is 1230. The molecule has 1 saturated heterocycles. The zero-order valence-corrected chi connectivity index (χ0v) is 19.2. The van der Waals surface area contributed by atoms with Crippen LogP contribution >= 0.6 is 0 Å². The van der Waals surface area contributed by atoms with E-state index in [9.17, 15) is 13.2 Å². The minimum absolute atomic E-state index is 0.152. The summed E-state index contributed by atoms with van der Waals surface area (Å²) in [5.74, 6) is 0.0893. The summed E-state index contributed by atoms with van der Waals surface area (Å²) < 4.78 is 29.5. The Kier molecular flexibility index (Phi) is 6.60. The molecule has 0 unspecified atom stereocenters. The molecular formula is C25H29N3O3S. The van der Waals surface area contributed by atoms with Gasteiger partial charge in [0.15, 0.2) is 0 Å². The summed E-state index contributed by atoms with van der Waals surface area (Å²) >= 11 is 0. The number of benzene rings is 3. The second-order valence-corrected chi connectivity index (χ2v) is 10.1. The monoisotopic (exact) mass is 451 g/mol. The van der Waals surface area contributed by atoms with Gasteiger partial charge in [0.05, 0.1) is 4.90 Å². The van der Waals surface area contributed by atoms with Crippen LogP contribution in [0.4, 0.5) is 5.69 Å². The van der Waals surface area contributed by atoms with Crippen molar-refractivity contribution < 1.29 is 13.2 Å². The molecule has 1 atom stereocenters. The Morgan fingerprint density at radius 2 is 1.62 bits per heavy atom. The van der Waals surface area contributed by atoms with Crippen molar-refractivity contribution in [3.63, 3.8) is 0 Å². The maximum Gasteiger partial charge on any atom is 0.255 e. The van der Waals surface area contributed by atoms with Crippen molar-refractivity contribution in [2.24, 2.45) is 5.92 Å². The molecule has 7 heteroatoms. The first-order valence-electron chi connectivity index (χ1n) is 11.0. The summed E-state index contributed by atoms with van der Waals surface area (Å²) in [5, 5.41) is 7.54. The Hall–Kier alpha value is -2.74. The molecule has 3 aromatic rings. The Morgan fingerprint density at radius 3 is 2.34 bits per heavy atom. The van der Waals surface area contributed by atoms with Crippen LogP contribution in [-0.4, -0.2) is 33.5 Å². The van der Waals surface area contributed by atoms with E-state index in [1.165, 1.54) is 0 Å². The number of carbonyl (C=O) groups is 1. The lowest BCUT2D eigenvalue weighted by atomic mass is 9.92. The summed E-state index contributed by atoms with van der Waals surface area (Å²) in [6, 6.07) is 17.7. The van der Waals surface area contributed by atoms with E-state index in [1.807, 2.05) is 50.2 Å². The van der Waals surface area contributed by atoms with Crippen LogP contribution in [0.2, 0.25) is 0 Å². The summed E-state index contributed by atoms with van der Waals surface area (Å²) in [6.07, 6.45) is 1.91. The van der Waals surface area contributed by atoms with Gasteiger partial charge in [-0.25, -0.2) is 13.1 Å². The van der Waals surface area contributed by atoms with Crippen molar-refractivity contribution in [1.82, 2.24) is 10.0 Å². The van der Waals surface area contributed by atoms with E-state index in [4.69, 9.17) is 0 Å². The molecule has 0 aromatic heterocycles. The molecule has 0 saturated carbocycles. The average molecular weight is 452 g/mol. The standard InChI is InChI=1S/C25H29N3O3S/c1-17-7-3-4-8-20(17)25(29)27-23-11-12-24(22-10-6-5-9-21(22)23)32(30,31)28-18(2)19-13-15-26-16-14-19/h3-12,18-19,26,28H,13-16H2,1-2H3,(H,27,29)/t18-/m0/s1. The molecule has 1 amide bonds. The van der Waals surface area contributed by atoms with Gasteiger partial charge >= 0.3 is 0 Å². The van der Waals surface area contributed by atoms with Crippen molar-refractivity contribution in [3.05, 3.63) is 71.8 Å². The molecule has 4 rings (SSSR count). The van der Waals surface area contributed by atoms with Gasteiger partial charge in [-0.15, -0.1) is 0 Å². The van der Waals surface area contributed by atoms with E-state index in [2.05, 4.69) is 15.4 Å². The second-order valence-electron chi connectivity index (χ2n) is 8.42. The maximum absolute atomic E-state index is 13.3. The first-order valence-corrected chi connectivity index (χ1v) is 12.5. The molecule has 3 N–H and O–H groups in total. The predicted molar refractivity (Wildman–Crippen MR) is 128 cm³/mol. The van der Waals surface area contributed by atoms with Crippen LogP contribution in [0.5, 0.6) is 0 Å². The van der Waals surface area contributed by atoms with Crippen LogP contribution < -0.4 is 15.4 Å². The number of rotatable bonds is 6. The number of hydrogen-bond donors (Lipinski definition) is 3. The predicted octanol–water partition coefficient (Wildman–Crippen LogP) is 4.07. The van der Waals surface area contributed by atoms with Crippen LogP contribution in [-0.2, 0) is 10.0 Å². The minimum atomic E-state index is -3.72. The van der Waals surface area contributed by atoms with Gasteiger partial charge < -0.3 is 10.6 Å². The van der Waals surface area contributed by atoms with Crippen LogP contribution in [0, 0.1) is 12.8 Å². The molecular weight excluding hydrogens is 422 g/mol. The number of piperidine rings is 1. The maximum atomic E-state index is 13.3. The molecule has 0 bridgehead atoms. The zero-order valence-electron chi connectivity index (χ0n) is 18.4. The second kappa shape index (κ2) is 9.40. The lowest BCUT2D eigenvalue weighted by Crippen LogP contribution is -2.42. The van der Waals surface area contributed by atoms with Crippen molar-refractivity contribution in [2.45, 2.75) is 37.6 Å². The highest BCUT2D eigenvalue weighted by Gasteiger charge is 2.26. The van der Waals surface area contributed by atoms with Gasteiger partial charge in [-0.1, -0.05) is 42.5 Å². The number of anilines is 1. The van der Waals surface area contributed by atoms with Gasteiger partial charge in [-0.2, -0.15) is 0 Å². The summed E-state index contributed by atoms with van der Waals surface area (Å²) in [4.78, 5) is 13.1. The fourth-order valence-electron chi connectivity index (χ4n) is 4.38. The molecule has 1 fully saturated rings. The highest BCUT2D eigenvalue weighted by Crippen LogP contribution is 2.30. The Morgan fingerprint density at radius 1 is 0.969 bits per heavy atom. The first-order chi connectivity index (χ1) is 15.4. The minimum Gasteiger partial charge on any atom is -0.321 e. The third-order valence-corrected chi connectivity index (χ3v) is 7.86. The van der Waals surface area contributed by atoms with Gasteiger partial charge in [0, 0.05) is 28.1 Å². The number of fused-ring (bicyclic) bond motifs is 1. The molecule has 3 aromatic carbocycles. The molecule has 168 valence electrons. The molecule has 0 radical (unpaired) electrons. The lowest BCUT2D eigenvalue weighted by molar-refractivity contribution is 0.102. The number of carbonyl (C=O) groups excluding carboxylic acids is 1. The average Bonchev–Trinajstić information content (AvgIpc) is 2.79. The van der Waals surface area contributed by atoms with Crippen LogP contribution in [0.25, 0.3) is 10.8 Å². The van der Waals surface area contributed by atoms with Crippen molar-refractivity contribution >= 4 is 32.4 Å². The van der Waals surface area contributed by atoms with Gasteiger partial charge in [0.25, 0.3) is 5.91 Å². The number of amides is 1. The normalized spacial score (nSPS) is 16.1. The number of nitrogens with one attached hydrogen (secondary N) is 3. The SMILES string of the molecule is Cc1ccccc1C(=O)Nc1ccc(S(=O)(=O)N[C@@H](C)C2CCNCC2)c2ccccc12. The van der Waals surface area contributed by atoms with E-state index in [0.29, 0.717) is 27.9 Å². The molecule has 1 aliphatic heterocycles. The highest BCUT2D eigenvalue weighted by atomic mass is 32.2. The van der Waals surface area contributed by atoms with Gasteiger partial charge in [0.1, 0.15) is 0 Å². The van der Waals surface area contributed by atoms with Crippen LogP contribution in [0.15, 0.2) is 65.6 Å². The molecule has 0 spiro atoms. The summed E-state index contributed by atoms with van der Waals surface area (Å²) in [7, 11) is -3.72. The zero-order chi connectivity index (χ0) is 22.7. The van der Waals surface area contributed by atoms with E-state index >= 15 is 0 Å². The molecule has 1 aliphatic rings. The lowest BCUT2D eigenvalue weighted by Gasteiger charge is -2.28. The van der Waals surface area contributed by atoms with Gasteiger partial charge in [-0.3, -0.25) is 4.79 Å². The van der Waals surface area contributed by atoms with Crippen LogP contribution in [0.1, 0.15) is 35.7 Å².